The molecule has 1 unspecified atom stereocenters. The number of sulfonamides is 1. The molecule has 2 aliphatic heterocycles. The van der Waals surface area contributed by atoms with E-state index in [0.717, 1.165) is 10.9 Å². The number of methoxy groups -OCH3 is 1. The highest BCUT2D eigenvalue weighted by Crippen LogP contribution is 2.46. The maximum Gasteiger partial charge on any atom is 0.408 e. The van der Waals surface area contributed by atoms with Gasteiger partial charge in [0.25, 0.3) is 5.91 Å². The molecule has 0 radical (unpaired) electrons. The summed E-state index contributed by atoms with van der Waals surface area (Å²) in [4.78, 5) is 62.1. The van der Waals surface area contributed by atoms with Crippen LogP contribution in [0.3, 0.4) is 0 Å². The molecule has 2 aliphatic carbocycles. The van der Waals surface area contributed by atoms with Gasteiger partial charge in [0.15, 0.2) is 0 Å². The van der Waals surface area contributed by atoms with Crippen LogP contribution >= 0.6 is 0 Å². The number of rotatable bonds is 8. The second kappa shape index (κ2) is 16.0. The molecule has 304 valence electrons. The number of carbonyl (C=O) groups excluding carboxylic acids is 4. The molecule has 57 heavy (non-hydrogen) atoms. The first kappa shape index (κ1) is 40.0. The van der Waals surface area contributed by atoms with Crippen LogP contribution in [0.1, 0.15) is 59.3 Å². The van der Waals surface area contributed by atoms with Gasteiger partial charge in [0.2, 0.25) is 27.7 Å². The Kier molecular flexibility index (Phi) is 11.2. The minimum absolute atomic E-state index is 0.00725. The van der Waals surface area contributed by atoms with Crippen molar-refractivity contribution in [2.75, 3.05) is 26.9 Å². The monoisotopic (exact) mass is 803 g/mol. The molecular formula is C41H49N5O10S. The summed E-state index contributed by atoms with van der Waals surface area (Å²) in [5.41, 5.74) is -0.924. The average Bonchev–Trinajstić information content (AvgIpc) is 4.09. The molecule has 1 saturated heterocycles. The Morgan fingerprint density at radius 2 is 1.82 bits per heavy atom. The summed E-state index contributed by atoms with van der Waals surface area (Å²) in [7, 11) is -2.35. The fourth-order valence-corrected chi connectivity index (χ4v) is 8.71. The number of fused-ring (bicyclic) bond motifs is 3. The summed E-state index contributed by atoms with van der Waals surface area (Å²) in [5, 5.41) is 6.39. The molecule has 15 nitrogen and oxygen atoms in total. The predicted molar refractivity (Wildman–Crippen MR) is 210 cm³/mol. The molecule has 3 N–H and O–H groups in total. The minimum Gasteiger partial charge on any atom is -0.497 e. The molecule has 3 aromatic rings. The molecule has 0 spiro atoms. The van der Waals surface area contributed by atoms with Crippen molar-refractivity contribution >= 4 is 44.6 Å². The maximum absolute atomic E-state index is 14.6. The van der Waals surface area contributed by atoms with Gasteiger partial charge in [0, 0.05) is 29.9 Å². The van der Waals surface area contributed by atoms with Crippen molar-refractivity contribution in [1.82, 2.24) is 25.2 Å². The highest BCUT2D eigenvalue weighted by molar-refractivity contribution is 7.91. The van der Waals surface area contributed by atoms with Crippen LogP contribution in [0, 0.1) is 5.92 Å². The highest BCUT2D eigenvalue weighted by Gasteiger charge is 2.62. The third-order valence-electron chi connectivity index (χ3n) is 10.5. The van der Waals surface area contributed by atoms with Crippen molar-refractivity contribution in [2.45, 2.75) is 93.9 Å². The van der Waals surface area contributed by atoms with E-state index >= 15 is 0 Å². The van der Waals surface area contributed by atoms with Crippen LogP contribution in [-0.4, -0.2) is 104 Å². The van der Waals surface area contributed by atoms with Gasteiger partial charge >= 0.3 is 6.09 Å². The predicted octanol–water partition coefficient (Wildman–Crippen LogP) is 4.00. The first-order chi connectivity index (χ1) is 27.2. The van der Waals surface area contributed by atoms with Crippen LogP contribution in [0.4, 0.5) is 4.79 Å². The van der Waals surface area contributed by atoms with E-state index in [1.807, 2.05) is 48.5 Å². The third kappa shape index (κ3) is 9.17. The molecule has 3 fully saturated rings. The first-order valence-corrected chi connectivity index (χ1v) is 20.8. The van der Waals surface area contributed by atoms with E-state index in [2.05, 4.69) is 15.4 Å². The van der Waals surface area contributed by atoms with E-state index < -0.39 is 74.3 Å². The second-order valence-electron chi connectivity index (χ2n) is 16.0. The molecule has 0 bridgehead atoms. The Hall–Kier alpha value is -5.22. The molecule has 4 aliphatic rings. The number of hydrogen-bond acceptors (Lipinski definition) is 11. The Morgan fingerprint density at radius 1 is 1.05 bits per heavy atom. The molecule has 2 aromatic carbocycles. The second-order valence-corrected chi connectivity index (χ2v) is 18.0. The van der Waals surface area contributed by atoms with E-state index in [1.54, 1.807) is 46.1 Å². The zero-order valence-corrected chi connectivity index (χ0v) is 33.3. The summed E-state index contributed by atoms with van der Waals surface area (Å²) in [5.74, 6) is -1.65. The van der Waals surface area contributed by atoms with Gasteiger partial charge in [0.1, 0.15) is 35.1 Å². The molecule has 3 heterocycles. The zero-order valence-electron chi connectivity index (χ0n) is 32.5. The van der Waals surface area contributed by atoms with Gasteiger partial charge in [-0.2, -0.15) is 0 Å². The van der Waals surface area contributed by atoms with Crippen molar-refractivity contribution < 1.29 is 46.5 Å². The Morgan fingerprint density at radius 3 is 2.54 bits per heavy atom. The van der Waals surface area contributed by atoms with Gasteiger partial charge in [-0.3, -0.25) is 19.1 Å². The lowest BCUT2D eigenvalue weighted by molar-refractivity contribution is -0.141. The van der Waals surface area contributed by atoms with Crippen LogP contribution in [-0.2, 0) is 33.9 Å². The van der Waals surface area contributed by atoms with E-state index in [-0.39, 0.29) is 44.9 Å². The van der Waals surface area contributed by atoms with Gasteiger partial charge in [-0.25, -0.2) is 18.2 Å². The Bertz CT molecular complexity index is 2170. The summed E-state index contributed by atoms with van der Waals surface area (Å²) in [6, 6.07) is 14.7. The van der Waals surface area contributed by atoms with Crippen molar-refractivity contribution in [1.29, 1.82) is 0 Å². The lowest BCUT2D eigenvalue weighted by atomic mass is 10.1. The van der Waals surface area contributed by atoms with E-state index in [0.29, 0.717) is 36.1 Å². The van der Waals surface area contributed by atoms with E-state index in [4.69, 9.17) is 23.9 Å². The number of nitrogens with one attached hydrogen (secondary N) is 3. The van der Waals surface area contributed by atoms with Gasteiger partial charge in [-0.05, 0) is 82.5 Å². The van der Waals surface area contributed by atoms with Crippen LogP contribution in [0.15, 0.2) is 66.7 Å². The van der Waals surface area contributed by atoms with E-state index in [9.17, 15) is 27.6 Å². The molecule has 1 aromatic heterocycles. The van der Waals surface area contributed by atoms with Gasteiger partial charge in [-0.15, -0.1) is 0 Å². The average molecular weight is 804 g/mol. The normalized spacial score (nSPS) is 26.1. The number of pyridine rings is 1. The third-order valence-corrected chi connectivity index (χ3v) is 12.3. The minimum atomic E-state index is -3.93. The standard InChI is InChI=1S/C41H49N5O10S/c1-40(2,3)56-39(50)43-32-13-9-19-54-18-8-12-27-23-41(27,38(49)45-57(51,52)30-15-16-30)44-35(47)34-22-29(24-46(34)37(32)48)55-36-31-17-14-28(53-4)20-26(31)21-33(42-36)25-10-6-5-7-11-25/h5-8,10-12,14,17,20-21,27,29-30,32,34H,9,13,15-16,18-19,22-24H2,1-4H3,(H,43,50)(H,44,47)(H,45,49)/b12-8-/t27-,29?,32+,34+,41-/m1/s1. The maximum atomic E-state index is 14.6. The largest absolute Gasteiger partial charge is 0.497 e. The highest BCUT2D eigenvalue weighted by atomic mass is 32.2. The van der Waals surface area contributed by atoms with Crippen molar-refractivity contribution in [3.8, 4) is 22.9 Å². The number of hydrogen-bond donors (Lipinski definition) is 3. The first-order valence-electron chi connectivity index (χ1n) is 19.3. The number of benzene rings is 2. The van der Waals surface area contributed by atoms with Crippen LogP contribution in [0.5, 0.6) is 11.6 Å². The summed E-state index contributed by atoms with van der Waals surface area (Å²) < 4.78 is 51.3. The molecule has 5 atom stereocenters. The van der Waals surface area contributed by atoms with Crippen LogP contribution in [0.25, 0.3) is 22.0 Å². The summed E-state index contributed by atoms with van der Waals surface area (Å²) >= 11 is 0. The number of alkyl carbamates (subject to hydrolysis) is 1. The quantitative estimate of drug-likeness (QED) is 0.279. The number of ether oxygens (including phenoxy) is 4. The molecule has 2 saturated carbocycles. The Labute approximate surface area is 331 Å². The van der Waals surface area contributed by atoms with Crippen molar-refractivity contribution in [2.24, 2.45) is 5.92 Å². The molecule has 4 amide bonds. The van der Waals surface area contributed by atoms with Crippen molar-refractivity contribution in [3.63, 3.8) is 0 Å². The number of amides is 4. The lowest BCUT2D eigenvalue weighted by Gasteiger charge is -2.30. The smallest absolute Gasteiger partial charge is 0.408 e. The van der Waals surface area contributed by atoms with Gasteiger partial charge in [0.05, 0.1) is 31.2 Å². The van der Waals surface area contributed by atoms with Gasteiger partial charge in [-0.1, -0.05) is 42.5 Å². The summed E-state index contributed by atoms with van der Waals surface area (Å²) in [6.45, 7) is 5.52. The van der Waals surface area contributed by atoms with Crippen LogP contribution < -0.4 is 24.8 Å². The Balaban J connectivity index is 1.23. The topological polar surface area (TPSA) is 192 Å². The number of aromatic nitrogens is 1. The van der Waals surface area contributed by atoms with Crippen molar-refractivity contribution in [3.05, 3.63) is 66.7 Å². The zero-order chi connectivity index (χ0) is 40.5. The molecule has 7 rings (SSSR count). The fraction of sp³-hybridized carbons (Fsp3) is 0.488. The van der Waals surface area contributed by atoms with Crippen LogP contribution in [0.2, 0.25) is 0 Å². The summed E-state index contributed by atoms with van der Waals surface area (Å²) in [6.07, 6.45) is 3.55. The molecule has 16 heteroatoms. The fourth-order valence-electron chi connectivity index (χ4n) is 7.35. The van der Waals surface area contributed by atoms with E-state index in [1.165, 1.54) is 4.90 Å². The molecular weight excluding hydrogens is 755 g/mol. The SMILES string of the molecule is COc1ccc2c(OC3C[C@H]4C(=O)N[C@]5(C(=O)NS(=O)(=O)C6CC6)C[C@H]5/C=C\COCCC[C@H](NC(=O)OC(C)(C)C)C(=O)N4C3)nc(-c3ccccc3)cc2c1. The van der Waals surface area contributed by atoms with Gasteiger partial charge < -0.3 is 34.5 Å². The number of carbonyl (C=O) groups is 4. The lowest BCUT2D eigenvalue weighted by Crippen LogP contribution is -2.58. The number of nitrogens with zero attached hydrogens (tertiary/aromatic N) is 2.